The Bertz CT molecular complexity index is 348. The molecule has 0 saturated carbocycles. The third kappa shape index (κ3) is 3.45. The van der Waals surface area contributed by atoms with Crippen LogP contribution >= 0.6 is 0 Å². The minimum absolute atomic E-state index is 0.433. The van der Waals surface area contributed by atoms with E-state index in [0.717, 1.165) is 13.0 Å². The van der Waals surface area contributed by atoms with Gasteiger partial charge in [0, 0.05) is 18.2 Å². The molecule has 0 aromatic carbocycles. The van der Waals surface area contributed by atoms with Crippen LogP contribution in [0.2, 0.25) is 0 Å². The lowest BCUT2D eigenvalue weighted by molar-refractivity contribution is 0.123. The Balaban J connectivity index is 2.87. The van der Waals surface area contributed by atoms with Crippen molar-refractivity contribution in [1.82, 2.24) is 4.90 Å². The van der Waals surface area contributed by atoms with Gasteiger partial charge in [0.25, 0.3) is 0 Å². The van der Waals surface area contributed by atoms with Crippen LogP contribution in [0.5, 0.6) is 0 Å². The molecule has 18 heavy (non-hydrogen) atoms. The molecule has 1 aliphatic rings. The van der Waals surface area contributed by atoms with Crippen LogP contribution in [0.3, 0.4) is 0 Å². The number of piperidine rings is 1. The molecule has 2 atom stereocenters. The second-order valence-electron chi connectivity index (χ2n) is 4.99. The predicted molar refractivity (Wildman–Crippen MR) is 73.9 cm³/mol. The first-order chi connectivity index (χ1) is 8.51. The van der Waals surface area contributed by atoms with Gasteiger partial charge in [-0.25, -0.2) is 4.39 Å². The number of nitrogens with zero attached hydrogens (tertiary/aromatic N) is 1. The van der Waals surface area contributed by atoms with Crippen LogP contribution in [0.15, 0.2) is 36.4 Å². The number of likely N-dealkylation sites (tertiary alicyclic amines) is 1. The van der Waals surface area contributed by atoms with E-state index >= 15 is 0 Å². The molecule has 0 spiro atoms. The number of halogens is 1. The van der Waals surface area contributed by atoms with E-state index in [1.54, 1.807) is 0 Å². The molecule has 0 aromatic rings. The monoisotopic (exact) mass is 253 g/mol. The minimum atomic E-state index is -0.433. The molecule has 2 nitrogen and oxygen atoms in total. The standard InChI is InChI=1S/C15H24FNO/c1-6-15(18-5)14(12(3)16)10-17-9-7-8-11(2)13(17)4/h6,11,13H,1,3,7-10H2,2,4-5H3/b15-14+. The molecule has 102 valence electrons. The van der Waals surface area contributed by atoms with Crippen LogP contribution in [0.25, 0.3) is 0 Å². The molecule has 2 unspecified atom stereocenters. The quantitative estimate of drug-likeness (QED) is 0.547. The highest BCUT2D eigenvalue weighted by Crippen LogP contribution is 2.26. The van der Waals surface area contributed by atoms with Gasteiger partial charge in [-0.2, -0.15) is 0 Å². The van der Waals surface area contributed by atoms with Gasteiger partial charge < -0.3 is 4.74 Å². The number of methoxy groups -OCH3 is 1. The normalized spacial score (nSPS) is 26.4. The lowest BCUT2D eigenvalue weighted by Gasteiger charge is -2.38. The van der Waals surface area contributed by atoms with Gasteiger partial charge >= 0.3 is 0 Å². The van der Waals surface area contributed by atoms with Crippen molar-refractivity contribution >= 4 is 0 Å². The van der Waals surface area contributed by atoms with Gasteiger partial charge in [-0.15, -0.1) is 0 Å². The molecule has 0 aromatic heterocycles. The summed E-state index contributed by atoms with van der Waals surface area (Å²) in [5.41, 5.74) is 0.508. The first kappa shape index (κ1) is 15.0. The van der Waals surface area contributed by atoms with Crippen LogP contribution in [0, 0.1) is 5.92 Å². The first-order valence-corrected chi connectivity index (χ1v) is 6.49. The van der Waals surface area contributed by atoms with Crippen molar-refractivity contribution in [3.05, 3.63) is 36.4 Å². The van der Waals surface area contributed by atoms with Gasteiger partial charge in [0.05, 0.1) is 7.11 Å². The second-order valence-corrected chi connectivity index (χ2v) is 4.99. The Morgan fingerprint density at radius 2 is 2.17 bits per heavy atom. The summed E-state index contributed by atoms with van der Waals surface area (Å²) in [6, 6.07) is 0.455. The maximum atomic E-state index is 13.6. The van der Waals surface area contributed by atoms with E-state index in [9.17, 15) is 4.39 Å². The molecular weight excluding hydrogens is 229 g/mol. The van der Waals surface area contributed by atoms with Gasteiger partial charge in [-0.3, -0.25) is 4.90 Å². The summed E-state index contributed by atoms with van der Waals surface area (Å²) in [6.07, 6.45) is 3.94. The zero-order valence-corrected chi connectivity index (χ0v) is 11.7. The average molecular weight is 253 g/mol. The van der Waals surface area contributed by atoms with E-state index in [4.69, 9.17) is 4.74 Å². The summed E-state index contributed by atoms with van der Waals surface area (Å²) in [4.78, 5) is 2.29. The lowest BCUT2D eigenvalue weighted by Crippen LogP contribution is -2.43. The van der Waals surface area contributed by atoms with E-state index in [-0.39, 0.29) is 0 Å². The third-order valence-corrected chi connectivity index (χ3v) is 3.90. The van der Waals surface area contributed by atoms with Crippen LogP contribution in [0.1, 0.15) is 26.7 Å². The highest BCUT2D eigenvalue weighted by Gasteiger charge is 2.26. The van der Waals surface area contributed by atoms with E-state index in [0.29, 0.717) is 29.8 Å². The Labute approximate surface area is 110 Å². The SMILES string of the molecule is C=C/C(OC)=C(/CN1CCCC(C)C1C)C(=C)F. The van der Waals surface area contributed by atoms with Crippen LogP contribution < -0.4 is 0 Å². The van der Waals surface area contributed by atoms with E-state index in [1.807, 2.05) is 0 Å². The molecule has 0 aliphatic carbocycles. The van der Waals surface area contributed by atoms with E-state index < -0.39 is 5.83 Å². The zero-order valence-electron chi connectivity index (χ0n) is 11.7. The van der Waals surface area contributed by atoms with Gasteiger partial charge in [-0.05, 0) is 38.3 Å². The largest absolute Gasteiger partial charge is 0.496 e. The topological polar surface area (TPSA) is 12.5 Å². The van der Waals surface area contributed by atoms with Crippen molar-refractivity contribution < 1.29 is 9.13 Å². The van der Waals surface area contributed by atoms with Gasteiger partial charge in [-0.1, -0.05) is 20.1 Å². The number of ether oxygens (including phenoxy) is 1. The smallest absolute Gasteiger partial charge is 0.125 e. The maximum Gasteiger partial charge on any atom is 0.125 e. The summed E-state index contributed by atoms with van der Waals surface area (Å²) in [7, 11) is 1.53. The van der Waals surface area contributed by atoms with Crippen molar-refractivity contribution in [3.63, 3.8) is 0 Å². The number of hydrogen-bond donors (Lipinski definition) is 0. The Morgan fingerprint density at radius 1 is 1.50 bits per heavy atom. The molecular formula is C15H24FNO. The predicted octanol–water partition coefficient (Wildman–Crippen LogP) is 3.68. The molecule has 0 amide bonds. The molecule has 1 saturated heterocycles. The third-order valence-electron chi connectivity index (χ3n) is 3.90. The lowest BCUT2D eigenvalue weighted by atomic mass is 9.91. The number of allylic oxidation sites excluding steroid dienone is 1. The fourth-order valence-electron chi connectivity index (χ4n) is 2.47. The summed E-state index contributed by atoms with van der Waals surface area (Å²) in [5, 5.41) is 0. The van der Waals surface area contributed by atoms with Crippen molar-refractivity contribution in [2.24, 2.45) is 5.92 Å². The van der Waals surface area contributed by atoms with E-state index in [2.05, 4.69) is 31.9 Å². The van der Waals surface area contributed by atoms with Crippen molar-refractivity contribution in [1.29, 1.82) is 0 Å². The van der Waals surface area contributed by atoms with E-state index in [1.165, 1.54) is 19.6 Å². The number of hydrogen-bond acceptors (Lipinski definition) is 2. The van der Waals surface area contributed by atoms with Gasteiger partial charge in [0.15, 0.2) is 0 Å². The Hall–Kier alpha value is -1.09. The molecule has 0 bridgehead atoms. The van der Waals surface area contributed by atoms with Crippen molar-refractivity contribution in [3.8, 4) is 0 Å². The van der Waals surface area contributed by atoms with Crippen molar-refractivity contribution in [2.45, 2.75) is 32.7 Å². The summed E-state index contributed by atoms with van der Waals surface area (Å²) >= 11 is 0. The molecule has 0 N–H and O–H groups in total. The van der Waals surface area contributed by atoms with Crippen molar-refractivity contribution in [2.75, 3.05) is 20.2 Å². The van der Waals surface area contributed by atoms with Crippen LogP contribution in [-0.2, 0) is 4.74 Å². The summed E-state index contributed by atoms with van der Waals surface area (Å²) in [6.45, 7) is 13.0. The maximum absolute atomic E-state index is 13.6. The fraction of sp³-hybridized carbons (Fsp3) is 0.600. The Morgan fingerprint density at radius 3 is 2.67 bits per heavy atom. The summed E-state index contributed by atoms with van der Waals surface area (Å²) < 4.78 is 18.7. The molecule has 1 aliphatic heterocycles. The molecule has 1 heterocycles. The van der Waals surface area contributed by atoms with Crippen LogP contribution in [-0.4, -0.2) is 31.1 Å². The molecule has 3 heteroatoms. The molecule has 1 rings (SSSR count). The van der Waals surface area contributed by atoms with Crippen LogP contribution in [0.4, 0.5) is 4.39 Å². The minimum Gasteiger partial charge on any atom is -0.496 e. The number of rotatable bonds is 5. The first-order valence-electron chi connectivity index (χ1n) is 6.49. The Kier molecular flexibility index (Phi) is 5.60. The molecule has 0 radical (unpaired) electrons. The van der Waals surface area contributed by atoms with Gasteiger partial charge in [0.2, 0.25) is 0 Å². The second kappa shape index (κ2) is 6.74. The highest BCUT2D eigenvalue weighted by molar-refractivity contribution is 5.32. The average Bonchev–Trinajstić information content (AvgIpc) is 2.34. The highest BCUT2D eigenvalue weighted by atomic mass is 19.1. The molecule has 1 fully saturated rings. The fourth-order valence-corrected chi connectivity index (χ4v) is 2.47. The zero-order chi connectivity index (χ0) is 13.7. The van der Waals surface area contributed by atoms with Gasteiger partial charge in [0.1, 0.15) is 11.6 Å². The summed E-state index contributed by atoms with van der Waals surface area (Å²) in [5.74, 6) is 0.688.